The summed E-state index contributed by atoms with van der Waals surface area (Å²) in [6.45, 7) is 0. The summed E-state index contributed by atoms with van der Waals surface area (Å²) in [5.41, 5.74) is 1.03. The molecule has 1 aromatic rings. The highest BCUT2D eigenvalue weighted by Crippen LogP contribution is 2.24. The largest absolute Gasteiger partial charge is 0.508 e. The Kier molecular flexibility index (Phi) is 3.22. The van der Waals surface area contributed by atoms with Crippen LogP contribution in [0.3, 0.4) is 0 Å². The molecule has 2 nitrogen and oxygen atoms in total. The number of benzene rings is 1. The second-order valence-corrected chi connectivity index (χ2v) is 2.70. The van der Waals surface area contributed by atoms with Gasteiger partial charge in [0.25, 0.3) is 0 Å². The van der Waals surface area contributed by atoms with E-state index in [0.717, 1.165) is 12.0 Å². The Bertz CT molecular complexity index is 323. The van der Waals surface area contributed by atoms with Gasteiger partial charge < -0.3 is 9.84 Å². The van der Waals surface area contributed by atoms with Gasteiger partial charge in [-0.05, 0) is 18.1 Å². The molecule has 1 N–H and O–H groups in total. The SMILES string of the molecule is C#CCCc1ccc(O)cc1OC. The topological polar surface area (TPSA) is 29.5 Å². The van der Waals surface area contributed by atoms with E-state index in [0.29, 0.717) is 12.2 Å². The first-order chi connectivity index (χ1) is 6.27. The molecule has 0 aliphatic rings. The molecule has 0 bridgehead atoms. The minimum Gasteiger partial charge on any atom is -0.508 e. The summed E-state index contributed by atoms with van der Waals surface area (Å²) in [5, 5.41) is 9.17. The number of hydrogen-bond donors (Lipinski definition) is 1. The number of hydrogen-bond acceptors (Lipinski definition) is 2. The lowest BCUT2D eigenvalue weighted by molar-refractivity contribution is 0.403. The van der Waals surface area contributed by atoms with Gasteiger partial charge in [0.1, 0.15) is 11.5 Å². The van der Waals surface area contributed by atoms with Gasteiger partial charge in [-0.1, -0.05) is 6.07 Å². The van der Waals surface area contributed by atoms with Gasteiger partial charge in [-0.3, -0.25) is 0 Å². The van der Waals surface area contributed by atoms with Crippen molar-refractivity contribution < 1.29 is 9.84 Å². The first kappa shape index (κ1) is 9.47. The van der Waals surface area contributed by atoms with Crippen LogP contribution in [0, 0.1) is 12.3 Å². The van der Waals surface area contributed by atoms with Crippen molar-refractivity contribution in [2.24, 2.45) is 0 Å². The molecule has 0 saturated heterocycles. The lowest BCUT2D eigenvalue weighted by Gasteiger charge is -2.06. The van der Waals surface area contributed by atoms with Gasteiger partial charge in [-0.2, -0.15) is 0 Å². The Morgan fingerprint density at radius 2 is 2.31 bits per heavy atom. The minimum atomic E-state index is 0.210. The van der Waals surface area contributed by atoms with Gasteiger partial charge in [-0.25, -0.2) is 0 Å². The maximum absolute atomic E-state index is 9.17. The fourth-order valence-electron chi connectivity index (χ4n) is 1.15. The number of methoxy groups -OCH3 is 1. The lowest BCUT2D eigenvalue weighted by atomic mass is 10.1. The highest BCUT2D eigenvalue weighted by Gasteiger charge is 2.02. The van der Waals surface area contributed by atoms with E-state index in [1.807, 2.05) is 6.07 Å². The first-order valence-electron chi connectivity index (χ1n) is 4.07. The molecule has 0 heterocycles. The molecule has 1 rings (SSSR count). The van der Waals surface area contributed by atoms with E-state index in [1.54, 1.807) is 19.2 Å². The molecular weight excluding hydrogens is 164 g/mol. The van der Waals surface area contributed by atoms with Crippen molar-refractivity contribution in [3.05, 3.63) is 23.8 Å². The van der Waals surface area contributed by atoms with Crippen LogP contribution in [0.4, 0.5) is 0 Å². The van der Waals surface area contributed by atoms with E-state index in [1.165, 1.54) is 0 Å². The zero-order valence-corrected chi connectivity index (χ0v) is 7.58. The summed E-state index contributed by atoms with van der Waals surface area (Å²) in [6.07, 6.45) is 6.62. The van der Waals surface area contributed by atoms with Crippen LogP contribution >= 0.6 is 0 Å². The number of rotatable bonds is 3. The molecule has 0 saturated carbocycles. The number of ether oxygens (including phenoxy) is 1. The van der Waals surface area contributed by atoms with Gasteiger partial charge in [-0.15, -0.1) is 12.3 Å². The van der Waals surface area contributed by atoms with E-state index in [-0.39, 0.29) is 5.75 Å². The zero-order chi connectivity index (χ0) is 9.68. The van der Waals surface area contributed by atoms with Crippen LogP contribution in [0.15, 0.2) is 18.2 Å². The highest BCUT2D eigenvalue weighted by molar-refractivity contribution is 5.40. The summed E-state index contributed by atoms with van der Waals surface area (Å²) in [5.74, 6) is 3.46. The van der Waals surface area contributed by atoms with Crippen LogP contribution in [0.1, 0.15) is 12.0 Å². The normalized spacial score (nSPS) is 9.23. The summed E-state index contributed by atoms with van der Waals surface area (Å²) in [6, 6.07) is 5.05. The molecule has 68 valence electrons. The van der Waals surface area contributed by atoms with Crippen LogP contribution in [0.25, 0.3) is 0 Å². The van der Waals surface area contributed by atoms with E-state index >= 15 is 0 Å². The molecule has 0 aromatic heterocycles. The second kappa shape index (κ2) is 4.42. The molecule has 0 atom stereocenters. The molecule has 1 aromatic carbocycles. The fourth-order valence-corrected chi connectivity index (χ4v) is 1.15. The van der Waals surface area contributed by atoms with Crippen LogP contribution in [-0.4, -0.2) is 12.2 Å². The van der Waals surface area contributed by atoms with Crippen molar-refractivity contribution in [2.45, 2.75) is 12.8 Å². The maximum Gasteiger partial charge on any atom is 0.125 e. The number of aromatic hydroxyl groups is 1. The van der Waals surface area contributed by atoms with Gasteiger partial charge in [0, 0.05) is 12.5 Å². The average molecular weight is 176 g/mol. The molecule has 0 unspecified atom stereocenters. The Morgan fingerprint density at radius 3 is 2.92 bits per heavy atom. The third-order valence-corrected chi connectivity index (χ3v) is 1.81. The molecule has 0 amide bonds. The van der Waals surface area contributed by atoms with Crippen LogP contribution < -0.4 is 4.74 Å². The molecule has 2 heteroatoms. The molecule has 0 fully saturated rings. The molecule has 0 radical (unpaired) electrons. The molecule has 0 aliphatic carbocycles. The summed E-state index contributed by atoms with van der Waals surface area (Å²) >= 11 is 0. The Balaban J connectivity index is 2.87. The van der Waals surface area contributed by atoms with E-state index < -0.39 is 0 Å². The Labute approximate surface area is 78.2 Å². The van der Waals surface area contributed by atoms with Gasteiger partial charge in [0.15, 0.2) is 0 Å². The van der Waals surface area contributed by atoms with Crippen molar-refractivity contribution in [1.29, 1.82) is 0 Å². The van der Waals surface area contributed by atoms with Crippen molar-refractivity contribution in [1.82, 2.24) is 0 Å². The number of aryl methyl sites for hydroxylation is 1. The zero-order valence-electron chi connectivity index (χ0n) is 7.58. The van der Waals surface area contributed by atoms with Crippen molar-refractivity contribution >= 4 is 0 Å². The first-order valence-corrected chi connectivity index (χ1v) is 4.07. The smallest absolute Gasteiger partial charge is 0.125 e. The number of terminal acetylenes is 1. The van der Waals surface area contributed by atoms with Crippen molar-refractivity contribution in [3.8, 4) is 23.8 Å². The van der Waals surface area contributed by atoms with Crippen LogP contribution in [0.5, 0.6) is 11.5 Å². The average Bonchev–Trinajstić information content (AvgIpc) is 2.16. The van der Waals surface area contributed by atoms with Gasteiger partial charge in [0.05, 0.1) is 7.11 Å². The van der Waals surface area contributed by atoms with Gasteiger partial charge in [0.2, 0.25) is 0 Å². The predicted octanol–water partition coefficient (Wildman–Crippen LogP) is 1.97. The maximum atomic E-state index is 9.17. The number of phenols is 1. The van der Waals surface area contributed by atoms with Crippen LogP contribution in [-0.2, 0) is 6.42 Å². The van der Waals surface area contributed by atoms with Crippen LogP contribution in [0.2, 0.25) is 0 Å². The molecular formula is C11H12O2. The standard InChI is InChI=1S/C11H12O2/c1-3-4-5-9-6-7-10(12)8-11(9)13-2/h1,6-8,12H,4-5H2,2H3. The van der Waals surface area contributed by atoms with E-state index in [2.05, 4.69) is 5.92 Å². The Morgan fingerprint density at radius 1 is 1.54 bits per heavy atom. The molecule has 0 aliphatic heterocycles. The summed E-state index contributed by atoms with van der Waals surface area (Å²) in [7, 11) is 1.58. The second-order valence-electron chi connectivity index (χ2n) is 2.70. The van der Waals surface area contributed by atoms with Crippen molar-refractivity contribution in [2.75, 3.05) is 7.11 Å². The third-order valence-electron chi connectivity index (χ3n) is 1.81. The molecule has 0 spiro atoms. The molecule has 13 heavy (non-hydrogen) atoms. The fraction of sp³-hybridized carbons (Fsp3) is 0.273. The van der Waals surface area contributed by atoms with E-state index in [9.17, 15) is 5.11 Å². The summed E-state index contributed by atoms with van der Waals surface area (Å²) < 4.78 is 5.09. The quantitative estimate of drug-likeness (QED) is 0.713. The third kappa shape index (κ3) is 2.41. The van der Waals surface area contributed by atoms with E-state index in [4.69, 9.17) is 11.2 Å². The summed E-state index contributed by atoms with van der Waals surface area (Å²) in [4.78, 5) is 0. The highest BCUT2D eigenvalue weighted by atomic mass is 16.5. The minimum absolute atomic E-state index is 0.210. The Hall–Kier alpha value is -1.62. The monoisotopic (exact) mass is 176 g/mol. The van der Waals surface area contributed by atoms with Crippen molar-refractivity contribution in [3.63, 3.8) is 0 Å². The predicted molar refractivity (Wildman–Crippen MR) is 51.8 cm³/mol. The lowest BCUT2D eigenvalue weighted by Crippen LogP contribution is -1.91. The van der Waals surface area contributed by atoms with Gasteiger partial charge >= 0.3 is 0 Å². The number of phenolic OH excluding ortho intramolecular Hbond substituents is 1.